The molecule has 0 spiro atoms. The largest absolute Gasteiger partial charge is 0.497 e. The van der Waals surface area contributed by atoms with Crippen LogP contribution in [0.2, 0.25) is 0 Å². The third-order valence-electron chi connectivity index (χ3n) is 7.02. The van der Waals surface area contributed by atoms with Gasteiger partial charge in [0.15, 0.2) is 0 Å². The van der Waals surface area contributed by atoms with E-state index in [4.69, 9.17) is 14.2 Å². The summed E-state index contributed by atoms with van der Waals surface area (Å²) in [5.41, 5.74) is 0. The molecule has 3 rings (SSSR count). The number of piperidine rings is 2. The second-order valence-corrected chi connectivity index (χ2v) is 11.0. The molecule has 2 fully saturated rings. The molecule has 2 heterocycles. The van der Waals surface area contributed by atoms with Gasteiger partial charge in [-0.3, -0.25) is 4.79 Å². The summed E-state index contributed by atoms with van der Waals surface area (Å²) in [6, 6.07) is 4.87. The highest BCUT2D eigenvalue weighted by atomic mass is 32.2. The molecule has 9 heteroatoms. The Morgan fingerprint density at radius 1 is 0.939 bits per heavy atom. The lowest BCUT2D eigenvalue weighted by molar-refractivity contribution is -0.136. The van der Waals surface area contributed by atoms with E-state index in [0.29, 0.717) is 36.4 Å². The van der Waals surface area contributed by atoms with E-state index in [1.807, 2.05) is 4.90 Å². The number of hydrogen-bond acceptors (Lipinski definition) is 6. The summed E-state index contributed by atoms with van der Waals surface area (Å²) in [4.78, 5) is 14.0. The van der Waals surface area contributed by atoms with Crippen LogP contribution in [-0.4, -0.2) is 77.6 Å². The minimum Gasteiger partial charge on any atom is -0.497 e. The fourth-order valence-electron chi connectivity index (χ4n) is 4.94. The van der Waals surface area contributed by atoms with Gasteiger partial charge < -0.3 is 19.1 Å². The van der Waals surface area contributed by atoms with Crippen LogP contribution in [0.3, 0.4) is 0 Å². The maximum Gasteiger partial charge on any atom is 0.248 e. The van der Waals surface area contributed by atoms with Gasteiger partial charge in [0.05, 0.1) is 14.2 Å². The highest BCUT2D eigenvalue weighted by Crippen LogP contribution is 2.34. The van der Waals surface area contributed by atoms with E-state index >= 15 is 0 Å². The Hall–Kier alpha value is -1.84. The summed E-state index contributed by atoms with van der Waals surface area (Å²) < 4.78 is 43.5. The molecule has 0 atom stereocenters. The van der Waals surface area contributed by atoms with Gasteiger partial charge in [0.2, 0.25) is 15.9 Å². The topological polar surface area (TPSA) is 85.4 Å². The van der Waals surface area contributed by atoms with E-state index in [1.165, 1.54) is 26.7 Å². The van der Waals surface area contributed by atoms with Crippen molar-refractivity contribution >= 4 is 15.9 Å². The van der Waals surface area contributed by atoms with Crippen LogP contribution in [0.4, 0.5) is 0 Å². The molecule has 33 heavy (non-hydrogen) atoms. The first-order valence-electron chi connectivity index (χ1n) is 11.9. The van der Waals surface area contributed by atoms with Crippen LogP contribution in [0.15, 0.2) is 23.1 Å². The molecule has 0 unspecified atom stereocenters. The molecule has 0 aliphatic carbocycles. The minimum absolute atomic E-state index is 0.0872. The standard InChI is InChI=1S/C24H38N2O6S/c1-30-18-24(27)25-13-9-19(10-14-25)5-4-6-20-11-15-26(16-12-20)33(28,29)23-17-21(31-2)7-8-22(23)32-3/h7-8,17,19-20H,4-6,9-16,18H2,1-3H3. The molecule has 0 aromatic heterocycles. The second-order valence-electron chi connectivity index (χ2n) is 9.05. The summed E-state index contributed by atoms with van der Waals surface area (Å²) in [5, 5.41) is 0. The number of methoxy groups -OCH3 is 3. The van der Waals surface area contributed by atoms with Crippen molar-refractivity contribution in [3.05, 3.63) is 18.2 Å². The lowest BCUT2D eigenvalue weighted by Crippen LogP contribution is -2.40. The average Bonchev–Trinajstić information content (AvgIpc) is 2.84. The van der Waals surface area contributed by atoms with Crippen molar-refractivity contribution in [2.24, 2.45) is 11.8 Å². The van der Waals surface area contributed by atoms with Crippen LogP contribution in [0.1, 0.15) is 44.9 Å². The number of carbonyl (C=O) groups is 1. The van der Waals surface area contributed by atoms with E-state index in [-0.39, 0.29) is 17.4 Å². The number of likely N-dealkylation sites (tertiary alicyclic amines) is 1. The maximum atomic E-state index is 13.2. The fourth-order valence-corrected chi connectivity index (χ4v) is 6.58. The highest BCUT2D eigenvalue weighted by molar-refractivity contribution is 7.89. The Kier molecular flexibility index (Phi) is 9.40. The van der Waals surface area contributed by atoms with Crippen LogP contribution >= 0.6 is 0 Å². The van der Waals surface area contributed by atoms with E-state index < -0.39 is 10.0 Å². The van der Waals surface area contributed by atoms with Crippen LogP contribution in [-0.2, 0) is 19.6 Å². The van der Waals surface area contributed by atoms with Gasteiger partial charge >= 0.3 is 0 Å². The van der Waals surface area contributed by atoms with Crippen molar-refractivity contribution in [1.82, 2.24) is 9.21 Å². The van der Waals surface area contributed by atoms with E-state index in [1.54, 1.807) is 23.5 Å². The number of rotatable bonds is 10. The zero-order valence-corrected chi connectivity index (χ0v) is 20.9. The molecule has 0 N–H and O–H groups in total. The predicted molar refractivity (Wildman–Crippen MR) is 126 cm³/mol. The normalized spacial score (nSPS) is 18.9. The predicted octanol–water partition coefficient (Wildman–Crippen LogP) is 3.16. The Labute approximate surface area is 198 Å². The Morgan fingerprint density at radius 3 is 2.09 bits per heavy atom. The quantitative estimate of drug-likeness (QED) is 0.509. The first kappa shape index (κ1) is 25.8. The zero-order valence-electron chi connectivity index (χ0n) is 20.1. The molecule has 1 aromatic carbocycles. The number of ether oxygens (including phenoxy) is 3. The van der Waals surface area contributed by atoms with Crippen LogP contribution in [0, 0.1) is 11.8 Å². The molecule has 0 radical (unpaired) electrons. The smallest absolute Gasteiger partial charge is 0.248 e. The van der Waals surface area contributed by atoms with Crippen molar-refractivity contribution < 1.29 is 27.4 Å². The van der Waals surface area contributed by atoms with Gasteiger partial charge in [0, 0.05) is 39.4 Å². The van der Waals surface area contributed by atoms with Crippen LogP contribution < -0.4 is 9.47 Å². The van der Waals surface area contributed by atoms with Gasteiger partial charge in [0.1, 0.15) is 23.0 Å². The molecular formula is C24H38N2O6S. The van der Waals surface area contributed by atoms with E-state index in [2.05, 4.69) is 0 Å². The zero-order chi connectivity index (χ0) is 23.8. The lowest BCUT2D eigenvalue weighted by Gasteiger charge is -2.33. The number of hydrogen-bond donors (Lipinski definition) is 0. The summed E-state index contributed by atoms with van der Waals surface area (Å²) in [6.45, 7) is 2.90. The van der Waals surface area contributed by atoms with Gasteiger partial charge in [-0.25, -0.2) is 8.42 Å². The van der Waals surface area contributed by atoms with E-state index in [0.717, 1.165) is 51.6 Å². The fraction of sp³-hybridized carbons (Fsp3) is 0.708. The molecule has 1 aromatic rings. The van der Waals surface area contributed by atoms with Crippen molar-refractivity contribution in [1.29, 1.82) is 0 Å². The number of carbonyl (C=O) groups excluding carboxylic acids is 1. The van der Waals surface area contributed by atoms with Gasteiger partial charge in [-0.15, -0.1) is 0 Å². The maximum absolute atomic E-state index is 13.2. The molecule has 2 aliphatic heterocycles. The number of benzene rings is 1. The minimum atomic E-state index is -3.63. The van der Waals surface area contributed by atoms with Crippen LogP contribution in [0.5, 0.6) is 11.5 Å². The van der Waals surface area contributed by atoms with Crippen molar-refractivity contribution in [2.75, 3.05) is 54.1 Å². The third-order valence-corrected chi connectivity index (χ3v) is 8.94. The summed E-state index contributed by atoms with van der Waals surface area (Å²) in [6.07, 6.45) is 7.39. The Balaban J connectivity index is 1.43. The molecule has 1 amide bonds. The molecule has 0 bridgehead atoms. The molecular weight excluding hydrogens is 444 g/mol. The van der Waals surface area contributed by atoms with Gasteiger partial charge in [-0.2, -0.15) is 4.31 Å². The monoisotopic (exact) mass is 482 g/mol. The number of sulfonamides is 1. The van der Waals surface area contributed by atoms with Crippen molar-refractivity contribution in [3.8, 4) is 11.5 Å². The molecule has 0 saturated carbocycles. The summed E-state index contributed by atoms with van der Waals surface area (Å²) >= 11 is 0. The molecule has 8 nitrogen and oxygen atoms in total. The van der Waals surface area contributed by atoms with Crippen molar-refractivity contribution in [3.63, 3.8) is 0 Å². The van der Waals surface area contributed by atoms with Crippen LogP contribution in [0.25, 0.3) is 0 Å². The average molecular weight is 483 g/mol. The lowest BCUT2D eigenvalue weighted by atomic mass is 9.87. The van der Waals surface area contributed by atoms with E-state index in [9.17, 15) is 13.2 Å². The van der Waals surface area contributed by atoms with Gasteiger partial charge in [-0.1, -0.05) is 19.3 Å². The highest BCUT2D eigenvalue weighted by Gasteiger charge is 2.32. The number of nitrogens with zero attached hydrogens (tertiary/aromatic N) is 2. The third kappa shape index (κ3) is 6.61. The summed E-state index contributed by atoms with van der Waals surface area (Å²) in [5.74, 6) is 2.17. The second kappa shape index (κ2) is 12.0. The number of amides is 1. The van der Waals surface area contributed by atoms with Gasteiger partial charge in [0.25, 0.3) is 0 Å². The Bertz CT molecular complexity index is 875. The first-order chi connectivity index (χ1) is 15.9. The van der Waals surface area contributed by atoms with Gasteiger partial charge in [-0.05, 0) is 49.7 Å². The molecule has 2 saturated heterocycles. The molecule has 186 valence electrons. The summed E-state index contributed by atoms with van der Waals surface area (Å²) in [7, 11) is 0.930. The SMILES string of the molecule is COCC(=O)N1CCC(CCCC2CCN(S(=O)(=O)c3cc(OC)ccc3OC)CC2)CC1. The first-order valence-corrected chi connectivity index (χ1v) is 13.3. The van der Waals surface area contributed by atoms with Crippen molar-refractivity contribution in [2.45, 2.75) is 49.8 Å². The molecule has 2 aliphatic rings. The Morgan fingerprint density at radius 2 is 1.55 bits per heavy atom.